The van der Waals surface area contributed by atoms with E-state index in [2.05, 4.69) is 20.4 Å². The third-order valence-electron chi connectivity index (χ3n) is 3.43. The Balaban J connectivity index is 2.01. The number of hydrazine groups is 1. The molecule has 9 heteroatoms. The number of anilines is 2. The molecule has 24 heavy (non-hydrogen) atoms. The minimum absolute atomic E-state index is 0.176. The maximum atomic E-state index is 5.98. The Labute approximate surface area is 138 Å². The van der Waals surface area contributed by atoms with Crippen LogP contribution in [0.15, 0.2) is 30.3 Å². The van der Waals surface area contributed by atoms with Gasteiger partial charge in [0.1, 0.15) is 6.61 Å². The molecule has 0 bridgehead atoms. The van der Waals surface area contributed by atoms with E-state index in [0.29, 0.717) is 36.9 Å². The van der Waals surface area contributed by atoms with Crippen LogP contribution in [0.5, 0.6) is 6.01 Å². The minimum Gasteiger partial charge on any atom is -0.461 e. The molecule has 0 aliphatic carbocycles. The average Bonchev–Trinajstić information content (AvgIpc) is 2.94. The SMILES string of the molecule is COCCOc1nc(N)c2nc(NN)n(Cc3ccccc3)c2n1. The molecule has 0 saturated heterocycles. The van der Waals surface area contributed by atoms with Crippen molar-refractivity contribution in [3.63, 3.8) is 0 Å². The van der Waals surface area contributed by atoms with Crippen molar-refractivity contribution in [2.75, 3.05) is 31.5 Å². The number of ether oxygens (including phenoxy) is 2. The molecule has 5 N–H and O–H groups in total. The number of hydrogen-bond donors (Lipinski definition) is 3. The molecule has 126 valence electrons. The third-order valence-corrected chi connectivity index (χ3v) is 3.43. The third kappa shape index (κ3) is 3.21. The van der Waals surface area contributed by atoms with Gasteiger partial charge in [0, 0.05) is 7.11 Å². The lowest BCUT2D eigenvalue weighted by molar-refractivity contribution is 0.141. The quantitative estimate of drug-likeness (QED) is 0.329. The number of hydrogen-bond acceptors (Lipinski definition) is 8. The highest BCUT2D eigenvalue weighted by Crippen LogP contribution is 2.24. The normalized spacial score (nSPS) is 10.9. The molecule has 0 amide bonds. The zero-order valence-corrected chi connectivity index (χ0v) is 13.3. The topological polar surface area (TPSA) is 126 Å². The Morgan fingerprint density at radius 2 is 1.92 bits per heavy atom. The molecule has 3 rings (SSSR count). The van der Waals surface area contributed by atoms with E-state index >= 15 is 0 Å². The van der Waals surface area contributed by atoms with Crippen LogP contribution in [0.3, 0.4) is 0 Å². The highest BCUT2D eigenvalue weighted by Gasteiger charge is 2.17. The number of fused-ring (bicyclic) bond motifs is 1. The summed E-state index contributed by atoms with van der Waals surface area (Å²) >= 11 is 0. The van der Waals surface area contributed by atoms with E-state index in [1.54, 1.807) is 7.11 Å². The largest absolute Gasteiger partial charge is 0.461 e. The fourth-order valence-corrected chi connectivity index (χ4v) is 2.31. The number of nitrogens with one attached hydrogen (secondary N) is 1. The highest BCUT2D eigenvalue weighted by molar-refractivity contribution is 5.84. The van der Waals surface area contributed by atoms with Crippen LogP contribution in [-0.4, -0.2) is 39.8 Å². The lowest BCUT2D eigenvalue weighted by Gasteiger charge is -2.09. The summed E-state index contributed by atoms with van der Waals surface area (Å²) in [5.41, 5.74) is 10.7. The van der Waals surface area contributed by atoms with Crippen LogP contribution in [0.25, 0.3) is 11.2 Å². The molecule has 2 heterocycles. The first-order valence-corrected chi connectivity index (χ1v) is 7.39. The maximum absolute atomic E-state index is 5.98. The van der Waals surface area contributed by atoms with Gasteiger partial charge in [-0.25, -0.2) is 10.8 Å². The van der Waals surface area contributed by atoms with E-state index in [1.807, 2.05) is 34.9 Å². The number of nitrogen functional groups attached to an aromatic ring is 2. The van der Waals surface area contributed by atoms with Crippen LogP contribution in [0, 0.1) is 0 Å². The van der Waals surface area contributed by atoms with Crippen molar-refractivity contribution < 1.29 is 9.47 Å². The van der Waals surface area contributed by atoms with E-state index in [4.69, 9.17) is 21.1 Å². The predicted octanol–water partition coefficient (Wildman–Crippen LogP) is 0.768. The van der Waals surface area contributed by atoms with Crippen LogP contribution < -0.4 is 21.7 Å². The molecule has 9 nitrogen and oxygen atoms in total. The summed E-state index contributed by atoms with van der Waals surface area (Å²) in [6.45, 7) is 1.29. The Hall–Kier alpha value is -2.91. The van der Waals surface area contributed by atoms with Gasteiger partial charge in [0.2, 0.25) is 5.95 Å². The number of aromatic nitrogens is 4. The first-order valence-electron chi connectivity index (χ1n) is 7.39. The predicted molar refractivity (Wildman–Crippen MR) is 90.5 cm³/mol. The van der Waals surface area contributed by atoms with E-state index < -0.39 is 0 Å². The van der Waals surface area contributed by atoms with Gasteiger partial charge in [-0.05, 0) is 5.56 Å². The molecule has 0 spiro atoms. The van der Waals surface area contributed by atoms with Crippen molar-refractivity contribution in [2.45, 2.75) is 6.54 Å². The van der Waals surface area contributed by atoms with Crippen molar-refractivity contribution in [3.05, 3.63) is 35.9 Å². The van der Waals surface area contributed by atoms with Gasteiger partial charge in [-0.15, -0.1) is 0 Å². The number of nitrogens with two attached hydrogens (primary N) is 2. The average molecular weight is 329 g/mol. The number of imidazole rings is 1. The summed E-state index contributed by atoms with van der Waals surface area (Å²) in [7, 11) is 1.59. The number of rotatable bonds is 7. The summed E-state index contributed by atoms with van der Waals surface area (Å²) < 4.78 is 12.2. The molecule has 0 saturated carbocycles. The Morgan fingerprint density at radius 1 is 1.12 bits per heavy atom. The monoisotopic (exact) mass is 329 g/mol. The van der Waals surface area contributed by atoms with Crippen LogP contribution >= 0.6 is 0 Å². The van der Waals surface area contributed by atoms with Crippen LogP contribution in [-0.2, 0) is 11.3 Å². The van der Waals surface area contributed by atoms with Crippen molar-refractivity contribution >= 4 is 22.9 Å². The zero-order valence-electron chi connectivity index (χ0n) is 13.3. The summed E-state index contributed by atoms with van der Waals surface area (Å²) in [5.74, 6) is 6.26. The summed E-state index contributed by atoms with van der Waals surface area (Å²) in [4.78, 5) is 12.9. The Bertz CT molecular complexity index is 820. The van der Waals surface area contributed by atoms with Crippen molar-refractivity contribution in [1.29, 1.82) is 0 Å². The van der Waals surface area contributed by atoms with Crippen molar-refractivity contribution in [3.8, 4) is 6.01 Å². The summed E-state index contributed by atoms with van der Waals surface area (Å²) in [5, 5.41) is 0. The maximum Gasteiger partial charge on any atom is 0.320 e. The second kappa shape index (κ2) is 7.11. The second-order valence-electron chi connectivity index (χ2n) is 5.06. The van der Waals surface area contributed by atoms with Crippen LogP contribution in [0.2, 0.25) is 0 Å². The molecule has 1 aromatic carbocycles. The summed E-state index contributed by atoms with van der Waals surface area (Å²) in [6.07, 6.45) is 0. The molecule has 0 aliphatic heterocycles. The van der Waals surface area contributed by atoms with E-state index in [-0.39, 0.29) is 11.8 Å². The number of nitrogens with zero attached hydrogens (tertiary/aromatic N) is 4. The second-order valence-corrected chi connectivity index (χ2v) is 5.06. The van der Waals surface area contributed by atoms with Gasteiger partial charge in [0.25, 0.3) is 0 Å². The van der Waals surface area contributed by atoms with Crippen LogP contribution in [0.1, 0.15) is 5.56 Å². The number of benzene rings is 1. The standard InChI is InChI=1S/C15H19N7O2/c1-23-7-8-24-15-19-12(16)11-13(20-15)22(14(18-11)21-17)9-10-5-3-2-4-6-10/h2-6H,7-9,17H2,1H3,(H,18,21)(H2,16,19,20). The first-order chi connectivity index (χ1) is 11.7. The molecule has 0 radical (unpaired) electrons. The van der Waals surface area contributed by atoms with Gasteiger partial charge >= 0.3 is 6.01 Å². The molecular weight excluding hydrogens is 310 g/mol. The molecule has 3 aromatic rings. The summed E-state index contributed by atoms with van der Waals surface area (Å²) in [6, 6.07) is 10.1. The lowest BCUT2D eigenvalue weighted by Crippen LogP contribution is -2.14. The van der Waals surface area contributed by atoms with Gasteiger partial charge in [-0.2, -0.15) is 9.97 Å². The molecular formula is C15H19N7O2. The fourth-order valence-electron chi connectivity index (χ4n) is 2.31. The van der Waals surface area contributed by atoms with Gasteiger partial charge in [-0.1, -0.05) is 30.3 Å². The molecule has 0 aliphatic rings. The van der Waals surface area contributed by atoms with Crippen molar-refractivity contribution in [2.24, 2.45) is 5.84 Å². The van der Waals surface area contributed by atoms with Gasteiger partial charge in [0.05, 0.1) is 13.2 Å². The van der Waals surface area contributed by atoms with E-state index in [9.17, 15) is 0 Å². The zero-order chi connectivity index (χ0) is 16.9. The number of methoxy groups -OCH3 is 1. The fraction of sp³-hybridized carbons (Fsp3) is 0.267. The molecule has 0 unspecified atom stereocenters. The van der Waals surface area contributed by atoms with Crippen molar-refractivity contribution in [1.82, 2.24) is 19.5 Å². The first kappa shape index (κ1) is 16.0. The Morgan fingerprint density at radius 3 is 2.62 bits per heavy atom. The van der Waals surface area contributed by atoms with Gasteiger partial charge in [-0.3, -0.25) is 9.99 Å². The van der Waals surface area contributed by atoms with Crippen LogP contribution in [0.4, 0.5) is 11.8 Å². The molecule has 0 fully saturated rings. The molecule has 2 aromatic heterocycles. The Kier molecular flexibility index (Phi) is 4.73. The highest BCUT2D eigenvalue weighted by atomic mass is 16.5. The molecule has 0 atom stereocenters. The minimum atomic E-state index is 0.176. The van der Waals surface area contributed by atoms with Gasteiger partial charge in [0.15, 0.2) is 17.0 Å². The lowest BCUT2D eigenvalue weighted by atomic mass is 10.2. The van der Waals surface area contributed by atoms with Gasteiger partial charge < -0.3 is 15.2 Å². The van der Waals surface area contributed by atoms with E-state index in [1.165, 1.54) is 0 Å². The smallest absolute Gasteiger partial charge is 0.320 e. The van der Waals surface area contributed by atoms with E-state index in [0.717, 1.165) is 5.56 Å².